The summed E-state index contributed by atoms with van der Waals surface area (Å²) in [5.74, 6) is 1.62. The average Bonchev–Trinajstić information content (AvgIpc) is 3.16. The molecule has 9 heteroatoms. The third-order valence-corrected chi connectivity index (χ3v) is 5.90. The molecule has 1 fully saturated rings. The molecule has 164 valence electrons. The van der Waals surface area contributed by atoms with E-state index in [0.717, 1.165) is 37.3 Å². The Morgan fingerprint density at radius 3 is 2.56 bits per heavy atom. The SMILES string of the molecule is COc1nc(N2CCC(N)CC2)ccc1-c1nc2c(c(-c3ccccc3)nn2C)c(=O)[nH]1. The molecular formula is C23H25N7O2. The summed E-state index contributed by atoms with van der Waals surface area (Å²) in [6.45, 7) is 1.71. The molecular weight excluding hydrogens is 406 g/mol. The molecule has 4 aromatic rings. The molecule has 1 saturated heterocycles. The van der Waals surface area contributed by atoms with Gasteiger partial charge in [-0.2, -0.15) is 10.1 Å². The number of nitrogens with two attached hydrogens (primary N) is 1. The van der Waals surface area contributed by atoms with Crippen molar-refractivity contribution in [1.82, 2.24) is 24.7 Å². The molecule has 3 N–H and O–H groups in total. The van der Waals surface area contributed by atoms with E-state index in [9.17, 15) is 4.79 Å². The summed E-state index contributed by atoms with van der Waals surface area (Å²) in [4.78, 5) is 27.6. The number of hydrogen-bond acceptors (Lipinski definition) is 7. The van der Waals surface area contributed by atoms with E-state index in [4.69, 9.17) is 15.5 Å². The largest absolute Gasteiger partial charge is 0.480 e. The van der Waals surface area contributed by atoms with Crippen LogP contribution in [0, 0.1) is 0 Å². The highest BCUT2D eigenvalue weighted by Crippen LogP contribution is 2.31. The zero-order valence-electron chi connectivity index (χ0n) is 18.1. The van der Waals surface area contributed by atoms with Crippen LogP contribution in [0.1, 0.15) is 12.8 Å². The second kappa shape index (κ2) is 8.08. The monoisotopic (exact) mass is 431 g/mol. The van der Waals surface area contributed by atoms with Crippen LogP contribution in [0.5, 0.6) is 5.88 Å². The van der Waals surface area contributed by atoms with Gasteiger partial charge in [0.2, 0.25) is 5.88 Å². The van der Waals surface area contributed by atoms with Crippen molar-refractivity contribution in [2.75, 3.05) is 25.1 Å². The van der Waals surface area contributed by atoms with Crippen LogP contribution < -0.4 is 20.9 Å². The molecule has 0 saturated carbocycles. The normalized spacial score (nSPS) is 14.8. The van der Waals surface area contributed by atoms with Gasteiger partial charge in [-0.1, -0.05) is 30.3 Å². The third-order valence-electron chi connectivity index (χ3n) is 5.90. The summed E-state index contributed by atoms with van der Waals surface area (Å²) in [6.07, 6.45) is 1.86. The molecule has 1 aromatic carbocycles. The standard InChI is InChI=1S/C23H25N7O2/c1-29-21-18(19(28-29)14-6-4-3-5-7-14)22(31)27-20(26-21)16-8-9-17(25-23(16)32-2)30-12-10-15(24)11-13-30/h3-9,15H,10-13,24H2,1-2H3,(H,26,27,31). The molecule has 0 spiro atoms. The van der Waals surface area contributed by atoms with Crippen LogP contribution in [-0.2, 0) is 7.05 Å². The maximum absolute atomic E-state index is 13.1. The fourth-order valence-corrected chi connectivity index (χ4v) is 4.15. The predicted molar refractivity (Wildman–Crippen MR) is 124 cm³/mol. The molecule has 0 bridgehead atoms. The highest BCUT2D eigenvalue weighted by Gasteiger charge is 2.21. The molecule has 5 rings (SSSR count). The number of piperidine rings is 1. The minimum Gasteiger partial charge on any atom is -0.480 e. The second-order valence-corrected chi connectivity index (χ2v) is 8.00. The smallest absolute Gasteiger partial charge is 0.262 e. The number of nitrogens with one attached hydrogen (secondary N) is 1. The number of fused-ring (bicyclic) bond motifs is 1. The number of aryl methyl sites for hydroxylation is 1. The first-order valence-corrected chi connectivity index (χ1v) is 10.6. The Labute approximate surface area is 184 Å². The van der Waals surface area contributed by atoms with Crippen molar-refractivity contribution in [2.45, 2.75) is 18.9 Å². The van der Waals surface area contributed by atoms with Crippen LogP contribution in [0.2, 0.25) is 0 Å². The van der Waals surface area contributed by atoms with Crippen molar-refractivity contribution < 1.29 is 4.74 Å². The number of H-pyrrole nitrogens is 1. The van der Waals surface area contributed by atoms with Gasteiger partial charge < -0.3 is 20.4 Å². The van der Waals surface area contributed by atoms with Crippen LogP contribution in [0.25, 0.3) is 33.7 Å². The zero-order chi connectivity index (χ0) is 22.2. The Kier molecular flexibility index (Phi) is 5.10. The summed E-state index contributed by atoms with van der Waals surface area (Å²) in [7, 11) is 3.35. The fraction of sp³-hybridized carbons (Fsp3) is 0.304. The third kappa shape index (κ3) is 3.50. The van der Waals surface area contributed by atoms with E-state index in [1.54, 1.807) is 18.8 Å². The average molecular weight is 432 g/mol. The minimum absolute atomic E-state index is 0.244. The number of nitrogens with zero attached hydrogens (tertiary/aromatic N) is 5. The summed E-state index contributed by atoms with van der Waals surface area (Å²) in [6, 6.07) is 13.7. The molecule has 4 heterocycles. The number of anilines is 1. The van der Waals surface area contributed by atoms with Gasteiger partial charge >= 0.3 is 0 Å². The summed E-state index contributed by atoms with van der Waals surface area (Å²) in [5, 5.41) is 5.00. The van der Waals surface area contributed by atoms with Gasteiger partial charge in [0.05, 0.1) is 12.7 Å². The van der Waals surface area contributed by atoms with Gasteiger partial charge in [-0.3, -0.25) is 4.79 Å². The van der Waals surface area contributed by atoms with Crippen LogP contribution in [0.15, 0.2) is 47.3 Å². The Morgan fingerprint density at radius 2 is 1.84 bits per heavy atom. The second-order valence-electron chi connectivity index (χ2n) is 8.00. The number of aromatic amines is 1. The quantitative estimate of drug-likeness (QED) is 0.509. The van der Waals surface area contributed by atoms with Gasteiger partial charge in [-0.25, -0.2) is 9.67 Å². The number of aromatic nitrogens is 5. The number of pyridine rings is 1. The van der Waals surface area contributed by atoms with Crippen LogP contribution >= 0.6 is 0 Å². The number of methoxy groups -OCH3 is 1. The van der Waals surface area contributed by atoms with E-state index in [1.807, 2.05) is 42.5 Å². The lowest BCUT2D eigenvalue weighted by Gasteiger charge is -2.31. The lowest BCUT2D eigenvalue weighted by atomic mass is 10.1. The van der Waals surface area contributed by atoms with E-state index in [2.05, 4.69) is 20.0 Å². The first-order valence-electron chi connectivity index (χ1n) is 10.6. The fourth-order valence-electron chi connectivity index (χ4n) is 4.15. The molecule has 0 amide bonds. The first-order chi connectivity index (χ1) is 15.5. The molecule has 1 aliphatic heterocycles. The van der Waals surface area contributed by atoms with E-state index in [0.29, 0.717) is 34.0 Å². The lowest BCUT2D eigenvalue weighted by molar-refractivity contribution is 0.398. The molecule has 0 aliphatic carbocycles. The van der Waals surface area contributed by atoms with E-state index in [-0.39, 0.29) is 11.6 Å². The van der Waals surface area contributed by atoms with Gasteiger partial charge in [0, 0.05) is 31.7 Å². The van der Waals surface area contributed by atoms with Crippen LogP contribution in [-0.4, -0.2) is 51.0 Å². The number of hydrogen-bond donors (Lipinski definition) is 2. The Morgan fingerprint density at radius 1 is 1.09 bits per heavy atom. The van der Waals surface area contributed by atoms with Gasteiger partial charge in [0.25, 0.3) is 5.56 Å². The van der Waals surface area contributed by atoms with E-state index >= 15 is 0 Å². The Bertz CT molecular complexity index is 1320. The predicted octanol–water partition coefficient (Wildman–Crippen LogP) is 2.32. The molecule has 0 radical (unpaired) electrons. The van der Waals surface area contributed by atoms with Crippen molar-refractivity contribution in [3.63, 3.8) is 0 Å². The van der Waals surface area contributed by atoms with Crippen molar-refractivity contribution in [3.05, 3.63) is 52.8 Å². The van der Waals surface area contributed by atoms with Crippen molar-refractivity contribution in [2.24, 2.45) is 12.8 Å². The minimum atomic E-state index is -0.256. The van der Waals surface area contributed by atoms with Crippen LogP contribution in [0.3, 0.4) is 0 Å². The summed E-state index contributed by atoms with van der Waals surface area (Å²) >= 11 is 0. The Hall–Kier alpha value is -3.72. The number of benzene rings is 1. The van der Waals surface area contributed by atoms with Crippen LogP contribution in [0.4, 0.5) is 5.82 Å². The highest BCUT2D eigenvalue weighted by atomic mass is 16.5. The van der Waals surface area contributed by atoms with Gasteiger partial charge in [0.15, 0.2) is 5.65 Å². The van der Waals surface area contributed by atoms with Crippen molar-refractivity contribution in [3.8, 4) is 28.5 Å². The zero-order valence-corrected chi connectivity index (χ0v) is 18.1. The molecule has 32 heavy (non-hydrogen) atoms. The van der Waals surface area contributed by atoms with Gasteiger partial charge in [-0.15, -0.1) is 0 Å². The molecule has 1 aliphatic rings. The van der Waals surface area contributed by atoms with E-state index < -0.39 is 0 Å². The highest BCUT2D eigenvalue weighted by molar-refractivity contribution is 5.91. The van der Waals surface area contributed by atoms with Crippen molar-refractivity contribution in [1.29, 1.82) is 0 Å². The lowest BCUT2D eigenvalue weighted by Crippen LogP contribution is -2.40. The molecule has 0 unspecified atom stereocenters. The summed E-state index contributed by atoms with van der Waals surface area (Å²) in [5.41, 5.74) is 8.35. The maximum Gasteiger partial charge on any atom is 0.262 e. The molecule has 0 atom stereocenters. The number of ether oxygens (including phenoxy) is 1. The number of rotatable bonds is 4. The topological polar surface area (TPSA) is 115 Å². The van der Waals surface area contributed by atoms with Gasteiger partial charge in [0.1, 0.15) is 22.7 Å². The van der Waals surface area contributed by atoms with E-state index in [1.165, 1.54) is 0 Å². The summed E-state index contributed by atoms with van der Waals surface area (Å²) < 4.78 is 7.19. The van der Waals surface area contributed by atoms with Gasteiger partial charge in [-0.05, 0) is 25.0 Å². The first kappa shape index (κ1) is 20.2. The maximum atomic E-state index is 13.1. The Balaban J connectivity index is 1.58. The molecule has 3 aromatic heterocycles. The van der Waals surface area contributed by atoms with Crippen molar-refractivity contribution >= 4 is 16.9 Å². The molecule has 9 nitrogen and oxygen atoms in total.